The van der Waals surface area contributed by atoms with Gasteiger partial charge in [0.15, 0.2) is 5.82 Å². The van der Waals surface area contributed by atoms with Gasteiger partial charge in [0.1, 0.15) is 5.82 Å². The number of aromatic amines is 1. The van der Waals surface area contributed by atoms with Crippen molar-refractivity contribution in [3.05, 3.63) is 11.6 Å². The molecule has 0 unspecified atom stereocenters. The molecule has 1 saturated carbocycles. The van der Waals surface area contributed by atoms with Crippen molar-refractivity contribution in [3.63, 3.8) is 0 Å². The molecule has 0 amide bonds. The minimum absolute atomic E-state index is 0.709. The minimum Gasteiger partial charge on any atom is -0.330 e. The average Bonchev–Trinajstić information content (AvgIpc) is 2.83. The Kier molecular flexibility index (Phi) is 5.32. The first-order valence-electron chi connectivity index (χ1n) is 6.60. The van der Waals surface area contributed by atoms with Crippen LogP contribution < -0.4 is 5.73 Å². The molecule has 96 valence electrons. The van der Waals surface area contributed by atoms with E-state index in [0.29, 0.717) is 6.54 Å². The summed E-state index contributed by atoms with van der Waals surface area (Å²) in [5, 5.41) is 8.08. The summed E-state index contributed by atoms with van der Waals surface area (Å²) < 4.78 is 0. The van der Waals surface area contributed by atoms with Crippen molar-refractivity contribution in [2.45, 2.75) is 55.9 Å². The molecule has 1 aliphatic rings. The molecule has 3 N–H and O–H groups in total. The van der Waals surface area contributed by atoms with Crippen LogP contribution >= 0.6 is 11.8 Å². The average molecular weight is 254 g/mol. The van der Waals surface area contributed by atoms with Crippen molar-refractivity contribution >= 4 is 11.8 Å². The number of aryl methyl sites for hydroxylation is 1. The Hall–Kier alpha value is -0.550. The number of rotatable bonds is 6. The Bertz CT molecular complexity index is 320. The number of thioether (sulfide) groups is 1. The molecule has 1 aromatic rings. The molecule has 0 aromatic carbocycles. The highest BCUT2D eigenvalue weighted by Crippen LogP contribution is 2.29. The van der Waals surface area contributed by atoms with Gasteiger partial charge in [0.2, 0.25) is 0 Å². The molecular weight excluding hydrogens is 232 g/mol. The summed E-state index contributed by atoms with van der Waals surface area (Å²) >= 11 is 2.03. The van der Waals surface area contributed by atoms with Crippen molar-refractivity contribution < 1.29 is 0 Å². The number of hydrogen-bond acceptors (Lipinski definition) is 4. The molecule has 1 aliphatic carbocycles. The second-order valence-corrected chi connectivity index (χ2v) is 5.95. The minimum atomic E-state index is 0.709. The van der Waals surface area contributed by atoms with Gasteiger partial charge >= 0.3 is 0 Å². The van der Waals surface area contributed by atoms with Gasteiger partial charge < -0.3 is 5.73 Å². The first kappa shape index (κ1) is 12.9. The lowest BCUT2D eigenvalue weighted by Crippen LogP contribution is -2.08. The maximum Gasteiger partial charge on any atom is 0.150 e. The van der Waals surface area contributed by atoms with E-state index in [1.807, 2.05) is 11.8 Å². The second kappa shape index (κ2) is 7.01. The number of nitrogens with one attached hydrogen (secondary N) is 1. The number of nitrogens with zero attached hydrogens (tertiary/aromatic N) is 2. The van der Waals surface area contributed by atoms with Gasteiger partial charge in [-0.15, -0.1) is 0 Å². The van der Waals surface area contributed by atoms with Crippen LogP contribution in [0, 0.1) is 0 Å². The summed E-state index contributed by atoms with van der Waals surface area (Å²) in [6, 6.07) is 0. The van der Waals surface area contributed by atoms with Crippen LogP contribution in [0.25, 0.3) is 0 Å². The Morgan fingerprint density at radius 1 is 1.29 bits per heavy atom. The van der Waals surface area contributed by atoms with Crippen molar-refractivity contribution in [1.29, 1.82) is 0 Å². The summed E-state index contributed by atoms with van der Waals surface area (Å²) in [6.45, 7) is 0.709. The summed E-state index contributed by atoms with van der Waals surface area (Å²) in [5.74, 6) is 2.91. The molecule has 17 heavy (non-hydrogen) atoms. The third-order valence-corrected chi connectivity index (χ3v) is 4.57. The molecule has 2 rings (SSSR count). The maximum atomic E-state index is 5.47. The summed E-state index contributed by atoms with van der Waals surface area (Å²) in [5.41, 5.74) is 5.47. The van der Waals surface area contributed by atoms with Gasteiger partial charge in [-0.05, 0) is 25.8 Å². The molecule has 0 spiro atoms. The van der Waals surface area contributed by atoms with Gasteiger partial charge in [-0.25, -0.2) is 4.98 Å². The van der Waals surface area contributed by atoms with Gasteiger partial charge in [0, 0.05) is 11.7 Å². The van der Waals surface area contributed by atoms with E-state index in [2.05, 4.69) is 15.2 Å². The summed E-state index contributed by atoms with van der Waals surface area (Å²) in [7, 11) is 0. The van der Waals surface area contributed by atoms with Crippen LogP contribution in [0.5, 0.6) is 0 Å². The molecule has 5 heteroatoms. The predicted octanol–water partition coefficient (Wildman–Crippen LogP) is 2.26. The fourth-order valence-corrected chi connectivity index (χ4v) is 3.39. The third kappa shape index (κ3) is 4.32. The topological polar surface area (TPSA) is 67.6 Å². The van der Waals surface area contributed by atoms with Crippen LogP contribution in [0.4, 0.5) is 0 Å². The lowest BCUT2D eigenvalue weighted by molar-refractivity contribution is 0.516. The first-order valence-corrected chi connectivity index (χ1v) is 7.65. The molecular formula is C12H22N4S. The van der Waals surface area contributed by atoms with Gasteiger partial charge in [0.25, 0.3) is 0 Å². The first-order chi connectivity index (χ1) is 8.38. The molecule has 0 bridgehead atoms. The zero-order valence-electron chi connectivity index (χ0n) is 10.3. The smallest absolute Gasteiger partial charge is 0.150 e. The van der Waals surface area contributed by atoms with Crippen LogP contribution in [-0.4, -0.2) is 27.0 Å². The fourth-order valence-electron chi connectivity index (χ4n) is 2.20. The Morgan fingerprint density at radius 3 is 2.88 bits per heavy atom. The largest absolute Gasteiger partial charge is 0.330 e. The van der Waals surface area contributed by atoms with Crippen molar-refractivity contribution in [2.24, 2.45) is 5.73 Å². The van der Waals surface area contributed by atoms with Gasteiger partial charge in [0.05, 0.1) is 5.75 Å². The van der Waals surface area contributed by atoms with E-state index in [1.54, 1.807) is 0 Å². The number of hydrogen-bond donors (Lipinski definition) is 2. The molecule has 1 aromatic heterocycles. The summed E-state index contributed by atoms with van der Waals surface area (Å²) in [4.78, 5) is 4.49. The van der Waals surface area contributed by atoms with Crippen molar-refractivity contribution in [3.8, 4) is 0 Å². The number of nitrogens with two attached hydrogens (primary N) is 1. The SMILES string of the molecule is NCCCc1n[nH]c(CSC2CCCCC2)n1. The summed E-state index contributed by atoms with van der Waals surface area (Å²) in [6.07, 6.45) is 8.82. The third-order valence-electron chi connectivity index (χ3n) is 3.19. The van der Waals surface area contributed by atoms with E-state index < -0.39 is 0 Å². The highest BCUT2D eigenvalue weighted by Gasteiger charge is 2.14. The van der Waals surface area contributed by atoms with Crippen LogP contribution in [0.2, 0.25) is 0 Å². The van der Waals surface area contributed by atoms with E-state index in [9.17, 15) is 0 Å². The van der Waals surface area contributed by atoms with Gasteiger partial charge in [-0.3, -0.25) is 5.10 Å². The maximum absolute atomic E-state index is 5.47. The standard InChI is InChI=1S/C12H22N4S/c13-8-4-7-11-14-12(16-15-11)9-17-10-5-2-1-3-6-10/h10H,1-9,13H2,(H,14,15,16). The predicted molar refractivity (Wildman–Crippen MR) is 71.9 cm³/mol. The molecule has 1 fully saturated rings. The second-order valence-electron chi connectivity index (χ2n) is 4.66. The van der Waals surface area contributed by atoms with E-state index in [-0.39, 0.29) is 0 Å². The lowest BCUT2D eigenvalue weighted by atomic mass is 10.0. The highest BCUT2D eigenvalue weighted by molar-refractivity contribution is 7.99. The molecule has 0 saturated heterocycles. The molecule has 0 aliphatic heterocycles. The van der Waals surface area contributed by atoms with Gasteiger partial charge in [-0.2, -0.15) is 16.9 Å². The number of H-pyrrole nitrogens is 1. The zero-order chi connectivity index (χ0) is 11.9. The molecule has 1 heterocycles. The molecule has 0 radical (unpaired) electrons. The van der Waals surface area contributed by atoms with E-state index in [0.717, 1.165) is 35.5 Å². The van der Waals surface area contributed by atoms with E-state index >= 15 is 0 Å². The normalized spacial score (nSPS) is 17.5. The van der Waals surface area contributed by atoms with Crippen molar-refractivity contribution in [2.75, 3.05) is 6.54 Å². The van der Waals surface area contributed by atoms with Crippen LogP contribution in [-0.2, 0) is 12.2 Å². The Labute approximate surface area is 107 Å². The van der Waals surface area contributed by atoms with E-state index in [1.165, 1.54) is 32.1 Å². The number of aromatic nitrogens is 3. The van der Waals surface area contributed by atoms with Crippen molar-refractivity contribution in [1.82, 2.24) is 15.2 Å². The fraction of sp³-hybridized carbons (Fsp3) is 0.833. The van der Waals surface area contributed by atoms with E-state index in [4.69, 9.17) is 5.73 Å². The monoisotopic (exact) mass is 254 g/mol. The highest BCUT2D eigenvalue weighted by atomic mass is 32.2. The van der Waals surface area contributed by atoms with Crippen LogP contribution in [0.3, 0.4) is 0 Å². The molecule has 0 atom stereocenters. The quantitative estimate of drug-likeness (QED) is 0.817. The lowest BCUT2D eigenvalue weighted by Gasteiger charge is -2.20. The zero-order valence-corrected chi connectivity index (χ0v) is 11.1. The van der Waals surface area contributed by atoms with Crippen LogP contribution in [0.1, 0.15) is 50.2 Å². The van der Waals surface area contributed by atoms with Crippen LogP contribution in [0.15, 0.2) is 0 Å². The Balaban J connectivity index is 1.72. The van der Waals surface area contributed by atoms with Gasteiger partial charge in [-0.1, -0.05) is 19.3 Å². The Morgan fingerprint density at radius 2 is 2.12 bits per heavy atom. The molecule has 4 nitrogen and oxygen atoms in total.